The highest BCUT2D eigenvalue weighted by Crippen LogP contribution is 2.21. The minimum atomic E-state index is -0.780. The van der Waals surface area contributed by atoms with E-state index in [4.69, 9.17) is 5.84 Å². The number of nitrogens with two attached hydrogens (primary N) is 1. The molecule has 0 aliphatic rings. The normalized spacial score (nSPS) is 11.7. The number of hydrazine groups is 2. The van der Waals surface area contributed by atoms with Gasteiger partial charge in [0.1, 0.15) is 6.04 Å². The standard InChI is InChI=1S/C18H22N4O3/c1-13-8-10-15(11-9-13)16(17(23)20-21-18(24)25-2)22(19)12-14-6-4-3-5-7-14/h3-11,16H,12,19H2,1-2H3,(H,20,23)(H,21,24). The summed E-state index contributed by atoms with van der Waals surface area (Å²) in [5.41, 5.74) is 7.25. The lowest BCUT2D eigenvalue weighted by Crippen LogP contribution is -2.49. The Bertz CT molecular complexity index is 704. The highest BCUT2D eigenvalue weighted by Gasteiger charge is 2.26. The van der Waals surface area contributed by atoms with Gasteiger partial charge in [-0.25, -0.2) is 15.2 Å². The van der Waals surface area contributed by atoms with E-state index in [1.54, 1.807) is 0 Å². The number of nitrogens with zero attached hydrogens (tertiary/aromatic N) is 1. The van der Waals surface area contributed by atoms with Crippen LogP contribution in [0.2, 0.25) is 0 Å². The fraction of sp³-hybridized carbons (Fsp3) is 0.222. The lowest BCUT2D eigenvalue weighted by Gasteiger charge is -2.27. The molecule has 7 nitrogen and oxygen atoms in total. The van der Waals surface area contributed by atoms with Crippen LogP contribution < -0.4 is 16.7 Å². The monoisotopic (exact) mass is 342 g/mol. The maximum atomic E-state index is 12.6. The van der Waals surface area contributed by atoms with Crippen molar-refractivity contribution in [2.24, 2.45) is 5.84 Å². The van der Waals surface area contributed by atoms with Crippen LogP contribution in [0.25, 0.3) is 0 Å². The summed E-state index contributed by atoms with van der Waals surface area (Å²) in [6.07, 6.45) is -0.761. The van der Waals surface area contributed by atoms with E-state index in [1.807, 2.05) is 61.5 Å². The molecule has 4 N–H and O–H groups in total. The van der Waals surface area contributed by atoms with E-state index < -0.39 is 18.0 Å². The average Bonchev–Trinajstić information content (AvgIpc) is 2.62. The fourth-order valence-corrected chi connectivity index (χ4v) is 2.36. The number of rotatable bonds is 5. The van der Waals surface area contributed by atoms with Gasteiger partial charge in [0, 0.05) is 6.54 Å². The number of aryl methyl sites for hydroxylation is 1. The molecule has 0 radical (unpaired) electrons. The van der Waals surface area contributed by atoms with Crippen molar-refractivity contribution >= 4 is 12.0 Å². The maximum absolute atomic E-state index is 12.6. The molecule has 0 aliphatic heterocycles. The van der Waals surface area contributed by atoms with Crippen LogP contribution in [0.1, 0.15) is 22.7 Å². The Hall–Kier alpha value is -2.90. The number of amides is 2. The van der Waals surface area contributed by atoms with Gasteiger partial charge in [-0.05, 0) is 18.1 Å². The first-order valence-corrected chi connectivity index (χ1v) is 7.77. The first-order chi connectivity index (χ1) is 12.0. The van der Waals surface area contributed by atoms with Crippen LogP contribution in [0.5, 0.6) is 0 Å². The molecule has 0 aliphatic carbocycles. The summed E-state index contributed by atoms with van der Waals surface area (Å²) in [6, 6.07) is 16.3. The van der Waals surface area contributed by atoms with E-state index in [-0.39, 0.29) is 0 Å². The number of ether oxygens (including phenoxy) is 1. The van der Waals surface area contributed by atoms with Crippen LogP contribution in [-0.2, 0) is 16.1 Å². The maximum Gasteiger partial charge on any atom is 0.425 e. The number of nitrogens with one attached hydrogen (secondary N) is 2. The lowest BCUT2D eigenvalue weighted by molar-refractivity contribution is -0.128. The summed E-state index contributed by atoms with van der Waals surface area (Å²) in [5, 5.41) is 1.42. The molecule has 0 heterocycles. The van der Waals surface area contributed by atoms with Crippen molar-refractivity contribution in [2.75, 3.05) is 7.11 Å². The van der Waals surface area contributed by atoms with Gasteiger partial charge in [0.2, 0.25) is 0 Å². The molecule has 0 saturated heterocycles. The Morgan fingerprint density at radius 3 is 2.32 bits per heavy atom. The quantitative estimate of drug-likeness (QED) is 0.569. The molecular formula is C18H22N4O3. The zero-order valence-corrected chi connectivity index (χ0v) is 14.2. The van der Waals surface area contributed by atoms with E-state index in [0.717, 1.165) is 11.1 Å². The second-order valence-electron chi connectivity index (χ2n) is 5.58. The smallest absolute Gasteiger partial charge is 0.425 e. The molecule has 0 spiro atoms. The van der Waals surface area contributed by atoms with Gasteiger partial charge in [0.15, 0.2) is 0 Å². The number of hydrogen-bond donors (Lipinski definition) is 3. The van der Waals surface area contributed by atoms with E-state index in [9.17, 15) is 9.59 Å². The Balaban J connectivity index is 2.20. The molecule has 7 heteroatoms. The molecule has 2 rings (SSSR count). The third-order valence-corrected chi connectivity index (χ3v) is 3.65. The zero-order chi connectivity index (χ0) is 18.2. The third kappa shape index (κ3) is 5.30. The molecule has 0 fully saturated rings. The molecule has 2 aromatic rings. The molecule has 2 aromatic carbocycles. The van der Waals surface area contributed by atoms with Crippen molar-refractivity contribution in [1.29, 1.82) is 0 Å². The molecule has 1 atom stereocenters. The highest BCUT2D eigenvalue weighted by molar-refractivity contribution is 5.84. The van der Waals surface area contributed by atoms with Crippen molar-refractivity contribution < 1.29 is 14.3 Å². The van der Waals surface area contributed by atoms with Crippen LogP contribution >= 0.6 is 0 Å². The molecule has 0 saturated carbocycles. The van der Waals surface area contributed by atoms with E-state index in [1.165, 1.54) is 12.1 Å². The SMILES string of the molecule is COC(=O)NNC(=O)C(c1ccc(C)cc1)N(N)Cc1ccccc1. The van der Waals surface area contributed by atoms with Gasteiger partial charge >= 0.3 is 6.09 Å². The van der Waals surface area contributed by atoms with Gasteiger partial charge in [-0.2, -0.15) is 0 Å². The Morgan fingerprint density at radius 1 is 1.08 bits per heavy atom. The minimum Gasteiger partial charge on any atom is -0.452 e. The Labute approximate surface area is 146 Å². The van der Waals surface area contributed by atoms with Crippen LogP contribution in [-0.4, -0.2) is 24.1 Å². The summed E-state index contributed by atoms with van der Waals surface area (Å²) in [6.45, 7) is 2.33. The molecular weight excluding hydrogens is 320 g/mol. The summed E-state index contributed by atoms with van der Waals surface area (Å²) in [7, 11) is 1.21. The number of methoxy groups -OCH3 is 1. The van der Waals surface area contributed by atoms with E-state index in [2.05, 4.69) is 15.6 Å². The largest absolute Gasteiger partial charge is 0.452 e. The minimum absolute atomic E-state index is 0.366. The second kappa shape index (κ2) is 8.81. The van der Waals surface area contributed by atoms with E-state index in [0.29, 0.717) is 12.1 Å². The summed E-state index contributed by atoms with van der Waals surface area (Å²) >= 11 is 0. The van der Waals surface area contributed by atoms with Crippen LogP contribution in [0.3, 0.4) is 0 Å². The van der Waals surface area contributed by atoms with Gasteiger partial charge in [-0.15, -0.1) is 0 Å². The predicted molar refractivity (Wildman–Crippen MR) is 93.8 cm³/mol. The predicted octanol–water partition coefficient (Wildman–Crippen LogP) is 1.80. The number of carbonyl (C=O) groups excluding carboxylic acids is 2. The van der Waals surface area contributed by atoms with Gasteiger partial charge in [-0.1, -0.05) is 60.2 Å². The fourth-order valence-electron chi connectivity index (χ4n) is 2.36. The molecule has 1 unspecified atom stereocenters. The summed E-state index contributed by atoms with van der Waals surface area (Å²) in [4.78, 5) is 23.8. The lowest BCUT2D eigenvalue weighted by atomic mass is 10.0. The van der Waals surface area contributed by atoms with Crippen LogP contribution in [0, 0.1) is 6.92 Å². The number of carbonyl (C=O) groups is 2. The van der Waals surface area contributed by atoms with Crippen molar-refractivity contribution in [2.45, 2.75) is 19.5 Å². The van der Waals surface area contributed by atoms with Gasteiger partial charge in [0.05, 0.1) is 7.11 Å². The average molecular weight is 342 g/mol. The highest BCUT2D eigenvalue weighted by atomic mass is 16.5. The number of hydrogen-bond acceptors (Lipinski definition) is 5. The number of benzene rings is 2. The van der Waals surface area contributed by atoms with Crippen LogP contribution in [0.4, 0.5) is 4.79 Å². The molecule has 2 amide bonds. The van der Waals surface area contributed by atoms with Crippen LogP contribution in [0.15, 0.2) is 54.6 Å². The molecule has 0 bridgehead atoms. The third-order valence-electron chi connectivity index (χ3n) is 3.65. The van der Waals surface area contributed by atoms with Crippen molar-refractivity contribution in [3.63, 3.8) is 0 Å². The molecule has 132 valence electrons. The summed E-state index contributed by atoms with van der Waals surface area (Å²) in [5.74, 6) is 5.72. The van der Waals surface area contributed by atoms with E-state index >= 15 is 0 Å². The first kappa shape index (κ1) is 18.4. The van der Waals surface area contributed by atoms with Crippen molar-refractivity contribution in [3.05, 3.63) is 71.3 Å². The zero-order valence-electron chi connectivity index (χ0n) is 14.2. The van der Waals surface area contributed by atoms with Gasteiger partial charge in [-0.3, -0.25) is 16.1 Å². The Morgan fingerprint density at radius 2 is 1.72 bits per heavy atom. The summed E-state index contributed by atoms with van der Waals surface area (Å²) < 4.78 is 4.45. The first-order valence-electron chi connectivity index (χ1n) is 7.77. The second-order valence-corrected chi connectivity index (χ2v) is 5.58. The van der Waals surface area contributed by atoms with Gasteiger partial charge < -0.3 is 4.74 Å². The van der Waals surface area contributed by atoms with Crippen molar-refractivity contribution in [1.82, 2.24) is 15.9 Å². The molecule has 0 aromatic heterocycles. The topological polar surface area (TPSA) is 96.7 Å². The Kier molecular flexibility index (Phi) is 6.50. The van der Waals surface area contributed by atoms with Crippen molar-refractivity contribution in [3.8, 4) is 0 Å². The van der Waals surface area contributed by atoms with Gasteiger partial charge in [0.25, 0.3) is 5.91 Å². The molecule has 25 heavy (non-hydrogen) atoms.